The lowest BCUT2D eigenvalue weighted by Gasteiger charge is -2.15. The van der Waals surface area contributed by atoms with E-state index in [0.29, 0.717) is 0 Å². The topological polar surface area (TPSA) is 79.8 Å². The van der Waals surface area contributed by atoms with Gasteiger partial charge in [0.2, 0.25) is 5.13 Å². The van der Waals surface area contributed by atoms with Gasteiger partial charge in [-0.1, -0.05) is 15.7 Å². The van der Waals surface area contributed by atoms with E-state index in [1.54, 1.807) is 0 Å². The smallest absolute Gasteiger partial charge is 0.387 e. The van der Waals surface area contributed by atoms with Gasteiger partial charge in [0.25, 0.3) is 5.91 Å². The molecule has 2 aromatic rings. The second-order valence-corrected chi connectivity index (χ2v) is 4.33. The molecule has 0 aliphatic carbocycles. The molecule has 10 heteroatoms. The number of nitrogens with zero attached hydrogens (tertiary/aromatic N) is 3. The van der Waals surface area contributed by atoms with Crippen LogP contribution in [0, 0.1) is 0 Å². The molecule has 1 aromatic carbocycles. The maximum atomic E-state index is 12.9. The van der Waals surface area contributed by atoms with Crippen LogP contribution in [0.1, 0.15) is 15.9 Å². The van der Waals surface area contributed by atoms with E-state index < -0.39 is 17.6 Å². The zero-order chi connectivity index (χ0) is 14.8. The van der Waals surface area contributed by atoms with Crippen molar-refractivity contribution in [2.75, 3.05) is 17.7 Å². The Morgan fingerprint density at radius 1 is 1.35 bits per heavy atom. The summed E-state index contributed by atoms with van der Waals surface area (Å²) in [5, 5.41) is 11.6. The van der Waals surface area contributed by atoms with E-state index in [1.807, 2.05) is 0 Å². The number of hydrogen-bond acceptors (Lipinski definition) is 6. The highest BCUT2D eigenvalue weighted by atomic mass is 32.1. The van der Waals surface area contributed by atoms with Crippen molar-refractivity contribution in [3.8, 4) is 0 Å². The van der Waals surface area contributed by atoms with Gasteiger partial charge in [0.05, 0.1) is 16.8 Å². The first-order valence-electron chi connectivity index (χ1n) is 5.28. The molecule has 0 unspecified atom stereocenters. The van der Waals surface area contributed by atoms with E-state index in [9.17, 15) is 18.0 Å². The molecule has 6 nitrogen and oxygen atoms in total. The van der Waals surface area contributed by atoms with Crippen molar-refractivity contribution in [2.24, 2.45) is 0 Å². The molecule has 106 valence electrons. The van der Waals surface area contributed by atoms with Crippen LogP contribution in [0.5, 0.6) is 0 Å². The highest BCUT2D eigenvalue weighted by molar-refractivity contribution is 7.09. The van der Waals surface area contributed by atoms with Gasteiger partial charge in [-0.2, -0.15) is 13.2 Å². The number of aromatic nitrogens is 3. The maximum Gasteiger partial charge on any atom is 0.418 e. The molecule has 0 fully saturated rings. The van der Waals surface area contributed by atoms with Gasteiger partial charge in [-0.05, 0) is 17.3 Å². The Hall–Kier alpha value is -2.23. The average molecular weight is 303 g/mol. The number of anilines is 2. The van der Waals surface area contributed by atoms with Crippen molar-refractivity contribution < 1.29 is 18.0 Å². The highest BCUT2D eigenvalue weighted by Gasteiger charge is 2.35. The molecule has 2 rings (SSSR count). The van der Waals surface area contributed by atoms with Crippen molar-refractivity contribution in [3.63, 3.8) is 0 Å². The van der Waals surface area contributed by atoms with E-state index in [2.05, 4.69) is 25.4 Å². The van der Waals surface area contributed by atoms with E-state index in [-0.39, 0.29) is 16.4 Å². The highest BCUT2D eigenvalue weighted by Crippen LogP contribution is 2.36. The van der Waals surface area contributed by atoms with Gasteiger partial charge in [0.1, 0.15) is 0 Å². The van der Waals surface area contributed by atoms with Crippen LogP contribution < -0.4 is 10.6 Å². The summed E-state index contributed by atoms with van der Waals surface area (Å²) < 4.78 is 42.0. The van der Waals surface area contributed by atoms with Crippen molar-refractivity contribution in [2.45, 2.75) is 6.18 Å². The Balaban J connectivity index is 2.39. The van der Waals surface area contributed by atoms with Crippen LogP contribution in [0.4, 0.5) is 24.0 Å². The van der Waals surface area contributed by atoms with Gasteiger partial charge in [-0.25, -0.2) is 0 Å². The number of amides is 1. The molecule has 0 atom stereocenters. The molecule has 2 N–H and O–H groups in total. The number of carbonyl (C=O) groups excluding carboxylic acids is 1. The van der Waals surface area contributed by atoms with E-state index in [4.69, 9.17) is 0 Å². The Kier molecular flexibility index (Phi) is 3.84. The predicted molar refractivity (Wildman–Crippen MR) is 66.6 cm³/mol. The molecular weight excluding hydrogens is 295 g/mol. The van der Waals surface area contributed by atoms with Gasteiger partial charge in [0.15, 0.2) is 0 Å². The fourth-order valence-corrected chi connectivity index (χ4v) is 1.96. The first-order valence-corrected chi connectivity index (χ1v) is 6.05. The summed E-state index contributed by atoms with van der Waals surface area (Å²) in [6, 6.07) is 3.34. The Morgan fingerprint density at radius 3 is 2.65 bits per heavy atom. The zero-order valence-corrected chi connectivity index (χ0v) is 10.8. The molecule has 0 aliphatic heterocycles. The summed E-state index contributed by atoms with van der Waals surface area (Å²) in [5.41, 5.74) is -1.35. The largest absolute Gasteiger partial charge is 0.418 e. The lowest BCUT2D eigenvalue weighted by atomic mass is 10.1. The predicted octanol–water partition coefficient (Wildman–Crippen LogP) is 2.25. The van der Waals surface area contributed by atoms with Crippen molar-refractivity contribution >= 4 is 28.3 Å². The summed E-state index contributed by atoms with van der Waals surface area (Å²) >= 11 is 0.822. The van der Waals surface area contributed by atoms with Crippen LogP contribution in [0.2, 0.25) is 0 Å². The van der Waals surface area contributed by atoms with Crippen LogP contribution >= 0.6 is 11.5 Å². The van der Waals surface area contributed by atoms with Crippen LogP contribution in [0.15, 0.2) is 18.2 Å². The third-order valence-electron chi connectivity index (χ3n) is 2.38. The molecule has 0 bridgehead atoms. The molecule has 0 spiro atoms. The van der Waals surface area contributed by atoms with Crippen LogP contribution in [0.3, 0.4) is 0 Å². The Labute approximate surface area is 115 Å². The van der Waals surface area contributed by atoms with Gasteiger partial charge in [-0.3, -0.25) is 10.1 Å². The number of alkyl halides is 3. The number of carbonyl (C=O) groups is 1. The second kappa shape index (κ2) is 5.41. The van der Waals surface area contributed by atoms with Crippen LogP contribution in [0.25, 0.3) is 0 Å². The fourth-order valence-electron chi connectivity index (χ4n) is 1.59. The summed E-state index contributed by atoms with van der Waals surface area (Å²) in [6.07, 6.45) is -4.56. The van der Waals surface area contributed by atoms with Crippen LogP contribution in [-0.4, -0.2) is 27.8 Å². The lowest BCUT2D eigenvalue weighted by Crippen LogP contribution is -2.17. The molecular formula is C10H8F3N5OS. The molecule has 1 heterocycles. The third-order valence-corrected chi connectivity index (χ3v) is 2.90. The number of hydrogen-bond donors (Lipinski definition) is 2. The number of benzene rings is 1. The van der Waals surface area contributed by atoms with Crippen LogP contribution in [-0.2, 0) is 6.18 Å². The molecule has 0 saturated carbocycles. The minimum Gasteiger partial charge on any atom is -0.387 e. The zero-order valence-electron chi connectivity index (χ0n) is 10.0. The summed E-state index contributed by atoms with van der Waals surface area (Å²) in [5.74, 6) is -0.723. The average Bonchev–Trinajstić information content (AvgIpc) is 2.89. The molecule has 20 heavy (non-hydrogen) atoms. The van der Waals surface area contributed by atoms with Gasteiger partial charge < -0.3 is 5.32 Å². The number of halogens is 3. The first-order chi connectivity index (χ1) is 9.43. The Bertz CT molecular complexity index is 614. The summed E-state index contributed by atoms with van der Waals surface area (Å²) in [7, 11) is 1.31. The van der Waals surface area contributed by atoms with E-state index in [1.165, 1.54) is 13.1 Å². The number of rotatable bonds is 3. The van der Waals surface area contributed by atoms with Gasteiger partial charge in [-0.15, -0.1) is 0 Å². The normalized spacial score (nSPS) is 11.2. The first kappa shape index (κ1) is 14.2. The maximum absolute atomic E-state index is 12.9. The third kappa shape index (κ3) is 2.85. The fraction of sp³-hybridized carbons (Fsp3) is 0.200. The molecule has 0 saturated heterocycles. The van der Waals surface area contributed by atoms with Crippen molar-refractivity contribution in [3.05, 3.63) is 29.3 Å². The second-order valence-electron chi connectivity index (χ2n) is 3.60. The van der Waals surface area contributed by atoms with Crippen molar-refractivity contribution in [1.29, 1.82) is 0 Å². The molecule has 1 amide bonds. The Morgan fingerprint density at radius 2 is 2.10 bits per heavy atom. The monoisotopic (exact) mass is 303 g/mol. The van der Waals surface area contributed by atoms with E-state index >= 15 is 0 Å². The van der Waals surface area contributed by atoms with Gasteiger partial charge in [0, 0.05) is 18.6 Å². The molecule has 0 aliphatic rings. The molecule has 0 radical (unpaired) electrons. The SMILES string of the molecule is CNc1c(C(=O)Nc2nnns2)cccc1C(F)(F)F. The minimum atomic E-state index is -4.56. The lowest BCUT2D eigenvalue weighted by molar-refractivity contribution is -0.136. The number of para-hydroxylation sites is 1. The summed E-state index contributed by atoms with van der Waals surface area (Å²) in [4.78, 5) is 12.0. The number of nitrogens with one attached hydrogen (secondary N) is 2. The summed E-state index contributed by atoms with van der Waals surface area (Å²) in [6.45, 7) is 0. The van der Waals surface area contributed by atoms with E-state index in [0.717, 1.165) is 23.7 Å². The minimum absolute atomic E-state index is 0.106. The van der Waals surface area contributed by atoms with Gasteiger partial charge >= 0.3 is 6.18 Å². The van der Waals surface area contributed by atoms with Crippen molar-refractivity contribution in [1.82, 2.24) is 14.8 Å². The molecule has 1 aromatic heterocycles. The standard InChI is InChI=1S/C10H8F3N5OS/c1-14-7-5(3-2-4-6(7)10(11,12)13)8(19)15-9-16-17-18-20-9/h2-4,14H,1H3,(H,15,16,18,19). The quantitative estimate of drug-likeness (QED) is 0.909.